The maximum absolute atomic E-state index is 13.8. The zero-order valence-electron chi connectivity index (χ0n) is 10.6. The molecule has 0 amide bonds. The normalized spacial score (nSPS) is 11.3. The van der Waals surface area contributed by atoms with Gasteiger partial charge in [-0.3, -0.25) is 0 Å². The first-order chi connectivity index (χ1) is 9.83. The van der Waals surface area contributed by atoms with Gasteiger partial charge < -0.3 is 5.11 Å². The predicted molar refractivity (Wildman–Crippen MR) is 75.7 cm³/mol. The van der Waals surface area contributed by atoms with E-state index in [2.05, 4.69) is 0 Å². The van der Waals surface area contributed by atoms with Crippen LogP contribution in [0.3, 0.4) is 0 Å². The number of halogens is 2. The van der Waals surface area contributed by atoms with Crippen LogP contribution in [0.5, 0.6) is 0 Å². The van der Waals surface area contributed by atoms with E-state index in [4.69, 9.17) is 16.7 Å². The second kappa shape index (κ2) is 5.83. The lowest BCUT2D eigenvalue weighted by Crippen LogP contribution is -2.12. The summed E-state index contributed by atoms with van der Waals surface area (Å²) in [5, 5.41) is 8.85. The van der Waals surface area contributed by atoms with Gasteiger partial charge in [0.15, 0.2) is 9.84 Å². The van der Waals surface area contributed by atoms with E-state index in [1.54, 1.807) is 0 Å². The molecule has 0 saturated carbocycles. The fourth-order valence-electron chi connectivity index (χ4n) is 1.86. The Bertz CT molecular complexity index is 802. The lowest BCUT2D eigenvalue weighted by molar-refractivity contribution is 0.0692. The van der Waals surface area contributed by atoms with Crippen molar-refractivity contribution in [1.29, 1.82) is 0 Å². The van der Waals surface area contributed by atoms with Gasteiger partial charge in [-0.2, -0.15) is 0 Å². The molecule has 0 aliphatic rings. The molecule has 0 unspecified atom stereocenters. The van der Waals surface area contributed by atoms with Gasteiger partial charge in [0, 0.05) is 5.56 Å². The molecule has 2 aromatic carbocycles. The summed E-state index contributed by atoms with van der Waals surface area (Å²) < 4.78 is 38.4. The van der Waals surface area contributed by atoms with Crippen LogP contribution in [0, 0.1) is 5.82 Å². The van der Waals surface area contributed by atoms with Crippen LogP contribution in [0.4, 0.5) is 4.39 Å². The van der Waals surface area contributed by atoms with Crippen LogP contribution in [0.15, 0.2) is 47.4 Å². The second-order valence-electron chi connectivity index (χ2n) is 4.27. The van der Waals surface area contributed by atoms with Crippen LogP contribution in [0.25, 0.3) is 0 Å². The highest BCUT2D eigenvalue weighted by molar-refractivity contribution is 7.90. The van der Waals surface area contributed by atoms with Crippen LogP contribution in [-0.4, -0.2) is 19.5 Å². The molecule has 0 atom stereocenters. The Morgan fingerprint density at radius 3 is 2.48 bits per heavy atom. The van der Waals surface area contributed by atoms with E-state index in [9.17, 15) is 17.6 Å². The highest BCUT2D eigenvalue weighted by Gasteiger charge is 2.24. The number of hydrogen-bond donors (Lipinski definition) is 1. The van der Waals surface area contributed by atoms with Crippen molar-refractivity contribution < 1.29 is 22.7 Å². The highest BCUT2D eigenvalue weighted by atomic mass is 35.5. The van der Waals surface area contributed by atoms with Crippen LogP contribution in [-0.2, 0) is 15.6 Å². The van der Waals surface area contributed by atoms with Crippen molar-refractivity contribution in [3.8, 4) is 0 Å². The molecule has 0 heterocycles. The highest BCUT2D eigenvalue weighted by Crippen LogP contribution is 2.24. The molecule has 2 rings (SSSR count). The van der Waals surface area contributed by atoms with Crippen molar-refractivity contribution >= 4 is 27.4 Å². The zero-order valence-corrected chi connectivity index (χ0v) is 12.2. The fourth-order valence-corrected chi connectivity index (χ4v) is 3.62. The van der Waals surface area contributed by atoms with E-state index in [1.807, 2.05) is 0 Å². The molecule has 21 heavy (non-hydrogen) atoms. The molecule has 0 aromatic heterocycles. The fraction of sp³-hybridized carbons (Fsp3) is 0.0714. The van der Waals surface area contributed by atoms with Crippen molar-refractivity contribution in [2.45, 2.75) is 10.6 Å². The average molecular weight is 329 g/mol. The smallest absolute Gasteiger partial charge is 0.337 e. The topological polar surface area (TPSA) is 71.4 Å². The van der Waals surface area contributed by atoms with Gasteiger partial charge in [0.2, 0.25) is 0 Å². The molecule has 0 saturated heterocycles. The number of sulfone groups is 1. The first kappa shape index (κ1) is 15.5. The van der Waals surface area contributed by atoms with E-state index in [1.165, 1.54) is 42.5 Å². The molecule has 7 heteroatoms. The Labute approximate surface area is 125 Å². The van der Waals surface area contributed by atoms with Crippen molar-refractivity contribution in [1.82, 2.24) is 0 Å². The van der Waals surface area contributed by atoms with E-state index in [0.717, 1.165) is 0 Å². The summed E-state index contributed by atoms with van der Waals surface area (Å²) in [5.41, 5.74) is -0.456. The van der Waals surface area contributed by atoms with Gasteiger partial charge in [0.25, 0.3) is 0 Å². The summed E-state index contributed by atoms with van der Waals surface area (Å²) in [6.07, 6.45) is 0. The standard InChI is InChI=1S/C14H10ClFO4S/c15-11-6-3-4-9(13(11)16)8-21(19,20)12-7-2-1-5-10(12)14(17)18/h1-7H,8H2,(H,17,18). The van der Waals surface area contributed by atoms with Gasteiger partial charge in [0.05, 0.1) is 21.2 Å². The minimum Gasteiger partial charge on any atom is -0.478 e. The molecule has 0 fully saturated rings. The molecule has 0 aliphatic heterocycles. The van der Waals surface area contributed by atoms with Gasteiger partial charge in [-0.1, -0.05) is 35.9 Å². The van der Waals surface area contributed by atoms with Crippen LogP contribution in [0.2, 0.25) is 5.02 Å². The number of aromatic carboxylic acids is 1. The molecule has 0 radical (unpaired) electrons. The largest absolute Gasteiger partial charge is 0.478 e. The van der Waals surface area contributed by atoms with Gasteiger partial charge in [-0.25, -0.2) is 17.6 Å². The van der Waals surface area contributed by atoms with E-state index < -0.39 is 27.4 Å². The van der Waals surface area contributed by atoms with Crippen molar-refractivity contribution in [2.75, 3.05) is 0 Å². The Kier molecular flexibility index (Phi) is 4.29. The van der Waals surface area contributed by atoms with Crippen LogP contribution >= 0.6 is 11.6 Å². The van der Waals surface area contributed by atoms with E-state index in [0.29, 0.717) is 0 Å². The average Bonchev–Trinajstić information content (AvgIpc) is 2.44. The number of rotatable bonds is 4. The maximum Gasteiger partial charge on any atom is 0.337 e. The third-order valence-electron chi connectivity index (χ3n) is 2.83. The Morgan fingerprint density at radius 1 is 1.14 bits per heavy atom. The molecule has 2 aromatic rings. The predicted octanol–water partition coefficient (Wildman–Crippen LogP) is 3.15. The Hall–Kier alpha value is -1.92. The lowest BCUT2D eigenvalue weighted by atomic mass is 10.2. The molecule has 0 bridgehead atoms. The summed E-state index contributed by atoms with van der Waals surface area (Å²) in [4.78, 5) is 10.7. The van der Waals surface area contributed by atoms with Crippen molar-refractivity contribution in [3.63, 3.8) is 0 Å². The van der Waals surface area contributed by atoms with E-state index >= 15 is 0 Å². The second-order valence-corrected chi connectivity index (χ2v) is 6.64. The molecular formula is C14H10ClFO4S. The number of benzene rings is 2. The van der Waals surface area contributed by atoms with E-state index in [-0.39, 0.29) is 21.0 Å². The molecular weight excluding hydrogens is 319 g/mol. The van der Waals surface area contributed by atoms with Crippen molar-refractivity contribution in [3.05, 3.63) is 64.4 Å². The monoisotopic (exact) mass is 328 g/mol. The summed E-state index contributed by atoms with van der Waals surface area (Å²) >= 11 is 5.61. The SMILES string of the molecule is O=C(O)c1ccccc1S(=O)(=O)Cc1cccc(Cl)c1F. The van der Waals surface area contributed by atoms with Gasteiger partial charge in [-0.15, -0.1) is 0 Å². The molecule has 110 valence electrons. The third kappa shape index (κ3) is 3.22. The van der Waals surface area contributed by atoms with Gasteiger partial charge >= 0.3 is 5.97 Å². The number of hydrogen-bond acceptors (Lipinski definition) is 3. The number of carboxylic acid groups (broad SMARTS) is 1. The molecule has 4 nitrogen and oxygen atoms in total. The summed E-state index contributed by atoms with van der Waals surface area (Å²) in [6, 6.07) is 9.22. The summed E-state index contributed by atoms with van der Waals surface area (Å²) in [7, 11) is -4.01. The number of carbonyl (C=O) groups is 1. The van der Waals surface area contributed by atoms with Crippen LogP contribution in [0.1, 0.15) is 15.9 Å². The first-order valence-electron chi connectivity index (χ1n) is 5.81. The summed E-state index contributed by atoms with van der Waals surface area (Å²) in [5.74, 6) is -2.85. The third-order valence-corrected chi connectivity index (χ3v) is 4.84. The maximum atomic E-state index is 13.8. The number of carboxylic acids is 1. The van der Waals surface area contributed by atoms with Crippen molar-refractivity contribution in [2.24, 2.45) is 0 Å². The van der Waals surface area contributed by atoms with Gasteiger partial charge in [-0.05, 0) is 18.2 Å². The molecule has 1 N–H and O–H groups in total. The lowest BCUT2D eigenvalue weighted by Gasteiger charge is -2.09. The quantitative estimate of drug-likeness (QED) is 0.935. The first-order valence-corrected chi connectivity index (χ1v) is 7.84. The molecule has 0 aliphatic carbocycles. The Balaban J connectivity index is 2.49. The Morgan fingerprint density at radius 2 is 1.81 bits per heavy atom. The van der Waals surface area contributed by atoms with Gasteiger partial charge in [0.1, 0.15) is 5.82 Å². The minimum atomic E-state index is -4.01. The zero-order chi connectivity index (χ0) is 15.6. The van der Waals surface area contributed by atoms with Crippen LogP contribution < -0.4 is 0 Å². The minimum absolute atomic E-state index is 0.109. The summed E-state index contributed by atoms with van der Waals surface area (Å²) in [6.45, 7) is 0. The molecule has 0 spiro atoms.